The molecule has 5 heteroatoms. The fourth-order valence-electron chi connectivity index (χ4n) is 1.75. The largest absolute Gasteiger partial charge is 0.352 e. The van der Waals surface area contributed by atoms with Gasteiger partial charge in [-0.05, 0) is 30.5 Å². The van der Waals surface area contributed by atoms with Crippen LogP contribution in [0.5, 0.6) is 0 Å². The molecule has 0 saturated heterocycles. The van der Waals surface area contributed by atoms with E-state index in [0.717, 1.165) is 22.7 Å². The maximum absolute atomic E-state index is 11.3. The minimum Gasteiger partial charge on any atom is -0.352 e. The third-order valence-corrected chi connectivity index (χ3v) is 3.15. The van der Waals surface area contributed by atoms with Crippen LogP contribution in [0, 0.1) is 11.3 Å². The molecule has 1 aromatic rings. The average molecular weight is 323 g/mol. The summed E-state index contributed by atoms with van der Waals surface area (Å²) in [5, 5.41) is 11.1. The van der Waals surface area contributed by atoms with Crippen molar-refractivity contribution in [2.24, 2.45) is 0 Å². The molecule has 1 rings (SSSR count). The van der Waals surface area contributed by atoms with Gasteiger partial charge in [-0.3, -0.25) is 4.79 Å². The molecule has 1 amide bonds. The van der Waals surface area contributed by atoms with Gasteiger partial charge in [0.1, 0.15) is 12.7 Å². The minimum absolute atomic E-state index is 0.174. The number of amides is 1. The Morgan fingerprint density at radius 2 is 2.32 bits per heavy atom. The SMILES string of the molecule is N#CCC(=O)N[C@H](CC=O)CCc1cccc(Br)c1. The number of carbonyl (C=O) groups excluding carboxylic acids is 2. The van der Waals surface area contributed by atoms with Gasteiger partial charge < -0.3 is 10.1 Å². The van der Waals surface area contributed by atoms with Gasteiger partial charge in [0.15, 0.2) is 0 Å². The van der Waals surface area contributed by atoms with Crippen molar-refractivity contribution in [2.75, 3.05) is 0 Å². The van der Waals surface area contributed by atoms with Crippen LogP contribution in [0.1, 0.15) is 24.8 Å². The van der Waals surface area contributed by atoms with Gasteiger partial charge in [-0.1, -0.05) is 28.1 Å². The second-order valence-electron chi connectivity index (χ2n) is 4.17. The van der Waals surface area contributed by atoms with Gasteiger partial charge in [0.2, 0.25) is 5.91 Å². The van der Waals surface area contributed by atoms with E-state index in [2.05, 4.69) is 21.2 Å². The summed E-state index contributed by atoms with van der Waals surface area (Å²) >= 11 is 3.40. The first-order chi connectivity index (χ1) is 9.15. The smallest absolute Gasteiger partial charge is 0.234 e. The number of nitrogens with one attached hydrogen (secondary N) is 1. The Morgan fingerprint density at radius 1 is 1.53 bits per heavy atom. The Hall–Kier alpha value is -1.67. The van der Waals surface area contributed by atoms with Crippen LogP contribution in [0.25, 0.3) is 0 Å². The molecule has 19 heavy (non-hydrogen) atoms. The molecule has 0 aliphatic rings. The van der Waals surface area contributed by atoms with Crippen LogP contribution in [0.4, 0.5) is 0 Å². The zero-order chi connectivity index (χ0) is 14.1. The summed E-state index contributed by atoms with van der Waals surface area (Å²) in [6.07, 6.45) is 2.33. The Labute approximate surface area is 120 Å². The van der Waals surface area contributed by atoms with Crippen LogP contribution in [-0.2, 0) is 16.0 Å². The molecule has 0 spiro atoms. The van der Waals surface area contributed by atoms with Crippen molar-refractivity contribution in [3.8, 4) is 6.07 Å². The number of benzene rings is 1. The number of halogens is 1. The molecule has 0 fully saturated rings. The van der Waals surface area contributed by atoms with Crippen molar-refractivity contribution in [3.63, 3.8) is 0 Å². The molecule has 0 aromatic heterocycles. The lowest BCUT2D eigenvalue weighted by atomic mass is 10.0. The summed E-state index contributed by atoms with van der Waals surface area (Å²) in [5.74, 6) is -0.330. The molecule has 0 saturated carbocycles. The van der Waals surface area contributed by atoms with Crippen molar-refractivity contribution in [1.29, 1.82) is 5.26 Å². The number of nitriles is 1. The molecular weight excluding hydrogens is 308 g/mol. The Kier molecular flexibility index (Phi) is 6.83. The van der Waals surface area contributed by atoms with Crippen LogP contribution < -0.4 is 5.32 Å². The topological polar surface area (TPSA) is 70.0 Å². The fourth-order valence-corrected chi connectivity index (χ4v) is 2.20. The number of aryl methyl sites for hydroxylation is 1. The van der Waals surface area contributed by atoms with Gasteiger partial charge in [-0.15, -0.1) is 0 Å². The lowest BCUT2D eigenvalue weighted by Crippen LogP contribution is -2.35. The standard InChI is InChI=1S/C14H15BrN2O2/c15-12-3-1-2-11(10-12)4-5-13(7-9-18)17-14(19)6-8-16/h1-3,9-10,13H,4-7H2,(H,17,19)/t13-/m0/s1. The zero-order valence-corrected chi connectivity index (χ0v) is 12.0. The van der Waals surface area contributed by atoms with Crippen molar-refractivity contribution in [1.82, 2.24) is 5.32 Å². The van der Waals surface area contributed by atoms with Gasteiger partial charge in [0, 0.05) is 16.9 Å². The fraction of sp³-hybridized carbons (Fsp3) is 0.357. The van der Waals surface area contributed by atoms with E-state index >= 15 is 0 Å². The molecule has 0 bridgehead atoms. The second-order valence-corrected chi connectivity index (χ2v) is 5.09. The number of hydrogen-bond donors (Lipinski definition) is 1. The van der Waals surface area contributed by atoms with E-state index in [0.29, 0.717) is 6.42 Å². The normalized spacial score (nSPS) is 11.4. The van der Waals surface area contributed by atoms with E-state index in [4.69, 9.17) is 5.26 Å². The van der Waals surface area contributed by atoms with Gasteiger partial charge in [-0.2, -0.15) is 5.26 Å². The molecule has 4 nitrogen and oxygen atoms in total. The summed E-state index contributed by atoms with van der Waals surface area (Å²) in [6, 6.07) is 9.48. The summed E-state index contributed by atoms with van der Waals surface area (Å²) in [7, 11) is 0. The van der Waals surface area contributed by atoms with E-state index in [1.165, 1.54) is 0 Å². The van der Waals surface area contributed by atoms with E-state index in [9.17, 15) is 9.59 Å². The highest BCUT2D eigenvalue weighted by atomic mass is 79.9. The van der Waals surface area contributed by atoms with Crippen molar-refractivity contribution in [3.05, 3.63) is 34.3 Å². The number of hydrogen-bond acceptors (Lipinski definition) is 3. The van der Waals surface area contributed by atoms with Crippen LogP contribution in [0.2, 0.25) is 0 Å². The van der Waals surface area contributed by atoms with Crippen LogP contribution in [0.3, 0.4) is 0 Å². The molecule has 0 heterocycles. The third-order valence-electron chi connectivity index (χ3n) is 2.66. The maximum atomic E-state index is 11.3. The zero-order valence-electron chi connectivity index (χ0n) is 10.4. The maximum Gasteiger partial charge on any atom is 0.234 e. The molecule has 1 N–H and O–H groups in total. The predicted octanol–water partition coefficient (Wildman–Crippen LogP) is 2.37. The lowest BCUT2D eigenvalue weighted by Gasteiger charge is -2.15. The highest BCUT2D eigenvalue weighted by molar-refractivity contribution is 9.10. The summed E-state index contributed by atoms with van der Waals surface area (Å²) in [6.45, 7) is 0. The second kappa shape index (κ2) is 8.44. The third kappa shape index (κ3) is 6.16. The highest BCUT2D eigenvalue weighted by Gasteiger charge is 2.11. The van der Waals surface area contributed by atoms with E-state index in [1.807, 2.05) is 24.3 Å². The monoisotopic (exact) mass is 322 g/mol. The van der Waals surface area contributed by atoms with E-state index in [1.54, 1.807) is 6.07 Å². The van der Waals surface area contributed by atoms with Crippen LogP contribution in [-0.4, -0.2) is 18.2 Å². The quantitative estimate of drug-likeness (QED) is 0.783. The number of carbonyl (C=O) groups is 2. The first kappa shape index (κ1) is 15.4. The average Bonchev–Trinajstić information content (AvgIpc) is 2.36. The summed E-state index contributed by atoms with van der Waals surface area (Å²) in [4.78, 5) is 21.9. The number of aldehydes is 1. The molecule has 0 unspecified atom stereocenters. The predicted molar refractivity (Wildman–Crippen MR) is 75.3 cm³/mol. The molecule has 0 aliphatic carbocycles. The Bertz CT molecular complexity index is 483. The first-order valence-corrected chi connectivity index (χ1v) is 6.79. The molecule has 0 radical (unpaired) electrons. The lowest BCUT2D eigenvalue weighted by molar-refractivity contribution is -0.121. The summed E-state index contributed by atoms with van der Waals surface area (Å²) in [5.41, 5.74) is 1.14. The van der Waals surface area contributed by atoms with Crippen molar-refractivity contribution in [2.45, 2.75) is 31.7 Å². The van der Waals surface area contributed by atoms with Gasteiger partial charge in [0.25, 0.3) is 0 Å². The molecule has 1 aromatic carbocycles. The summed E-state index contributed by atoms with van der Waals surface area (Å²) < 4.78 is 1.01. The van der Waals surface area contributed by atoms with Gasteiger partial charge in [0.05, 0.1) is 6.07 Å². The van der Waals surface area contributed by atoms with Gasteiger partial charge >= 0.3 is 0 Å². The van der Waals surface area contributed by atoms with Gasteiger partial charge in [-0.25, -0.2) is 0 Å². The highest BCUT2D eigenvalue weighted by Crippen LogP contribution is 2.14. The molecule has 1 atom stereocenters. The molecule has 0 aliphatic heterocycles. The number of rotatable bonds is 7. The van der Waals surface area contributed by atoms with E-state index in [-0.39, 0.29) is 24.8 Å². The van der Waals surface area contributed by atoms with Crippen molar-refractivity contribution < 1.29 is 9.59 Å². The van der Waals surface area contributed by atoms with E-state index < -0.39 is 0 Å². The van der Waals surface area contributed by atoms with Crippen LogP contribution >= 0.6 is 15.9 Å². The Balaban J connectivity index is 2.52. The Morgan fingerprint density at radius 3 is 2.95 bits per heavy atom. The van der Waals surface area contributed by atoms with Crippen molar-refractivity contribution >= 4 is 28.1 Å². The molecular formula is C14H15BrN2O2. The number of nitrogens with zero attached hydrogens (tertiary/aromatic N) is 1. The minimum atomic E-state index is -0.330. The van der Waals surface area contributed by atoms with Crippen LogP contribution in [0.15, 0.2) is 28.7 Å². The molecule has 100 valence electrons. The first-order valence-electron chi connectivity index (χ1n) is 6.00.